The Labute approximate surface area is 134 Å². The number of fused-ring (bicyclic) bond motifs is 1. The second-order valence-electron chi connectivity index (χ2n) is 5.45. The smallest absolute Gasteiger partial charge is 0.257 e. The summed E-state index contributed by atoms with van der Waals surface area (Å²) in [5.41, 5.74) is 3.71. The van der Waals surface area contributed by atoms with Crippen LogP contribution >= 0.6 is 11.6 Å². The predicted molar refractivity (Wildman–Crippen MR) is 89.0 cm³/mol. The van der Waals surface area contributed by atoms with E-state index in [-0.39, 0.29) is 5.56 Å². The van der Waals surface area contributed by atoms with Gasteiger partial charge in [-0.25, -0.2) is 4.98 Å². The maximum absolute atomic E-state index is 12.6. The molecule has 0 unspecified atom stereocenters. The zero-order valence-electron chi connectivity index (χ0n) is 12.6. The number of hydrogen-bond acceptors (Lipinski definition) is 3. The Bertz CT molecular complexity index is 765. The molecule has 0 bridgehead atoms. The Morgan fingerprint density at radius 3 is 3.05 bits per heavy atom. The topological polar surface area (TPSA) is 47.8 Å². The third-order valence-corrected chi connectivity index (χ3v) is 4.14. The van der Waals surface area contributed by atoms with Crippen LogP contribution in [0.15, 0.2) is 29.3 Å². The van der Waals surface area contributed by atoms with Gasteiger partial charge in [0.2, 0.25) is 0 Å². The van der Waals surface area contributed by atoms with Crippen LogP contribution in [0.4, 0.5) is 0 Å². The summed E-state index contributed by atoms with van der Waals surface area (Å²) in [4.78, 5) is 21.5. The summed E-state index contributed by atoms with van der Waals surface area (Å²) in [6, 6.07) is 3.91. The third-order valence-electron chi connectivity index (χ3n) is 3.95. The lowest BCUT2D eigenvalue weighted by Crippen LogP contribution is -2.31. The second-order valence-corrected chi connectivity index (χ2v) is 5.83. The number of aryl methyl sites for hydroxylation is 1. The van der Waals surface area contributed by atoms with Gasteiger partial charge in [-0.1, -0.05) is 6.07 Å². The van der Waals surface area contributed by atoms with Gasteiger partial charge >= 0.3 is 0 Å². The molecule has 0 fully saturated rings. The number of rotatable bonds is 3. The van der Waals surface area contributed by atoms with Gasteiger partial charge < -0.3 is 0 Å². The van der Waals surface area contributed by atoms with Crippen molar-refractivity contribution in [3.8, 4) is 0 Å². The number of nitrogens with zero attached hydrogens (tertiary/aromatic N) is 3. The Hall–Kier alpha value is -1.94. The molecular formula is C17H18ClN3O. The van der Waals surface area contributed by atoms with E-state index in [1.165, 1.54) is 0 Å². The van der Waals surface area contributed by atoms with Gasteiger partial charge in [0.05, 0.1) is 0 Å². The van der Waals surface area contributed by atoms with Crippen LogP contribution in [0.5, 0.6) is 0 Å². The highest BCUT2D eigenvalue weighted by Gasteiger charge is 2.20. The first kappa shape index (κ1) is 15.0. The molecule has 0 aliphatic carbocycles. The molecule has 22 heavy (non-hydrogen) atoms. The Morgan fingerprint density at radius 2 is 2.32 bits per heavy atom. The van der Waals surface area contributed by atoms with Gasteiger partial charge in [0, 0.05) is 36.1 Å². The summed E-state index contributed by atoms with van der Waals surface area (Å²) in [6.45, 7) is 2.61. The summed E-state index contributed by atoms with van der Waals surface area (Å²) >= 11 is 5.80. The van der Waals surface area contributed by atoms with E-state index in [9.17, 15) is 4.79 Å². The average molecular weight is 316 g/mol. The van der Waals surface area contributed by atoms with Crippen LogP contribution in [0.1, 0.15) is 35.5 Å². The van der Waals surface area contributed by atoms with Gasteiger partial charge in [-0.15, -0.1) is 11.6 Å². The van der Waals surface area contributed by atoms with E-state index in [4.69, 9.17) is 11.6 Å². The molecule has 0 saturated carbocycles. The molecule has 114 valence electrons. The quantitative estimate of drug-likeness (QED) is 0.818. The largest absolute Gasteiger partial charge is 0.293 e. The molecule has 1 aliphatic heterocycles. The van der Waals surface area contributed by atoms with Crippen molar-refractivity contribution in [2.24, 2.45) is 0 Å². The van der Waals surface area contributed by atoms with Crippen LogP contribution in [-0.4, -0.2) is 20.4 Å². The highest BCUT2D eigenvalue weighted by molar-refractivity contribution is 6.18. The van der Waals surface area contributed by atoms with E-state index in [0.717, 1.165) is 47.6 Å². The molecule has 0 radical (unpaired) electrons. The number of allylic oxidation sites excluding steroid dienone is 1. The lowest BCUT2D eigenvalue weighted by Gasteiger charge is -2.22. The number of hydrogen-bond donors (Lipinski definition) is 0. The van der Waals surface area contributed by atoms with Crippen molar-refractivity contribution in [2.45, 2.75) is 32.7 Å². The van der Waals surface area contributed by atoms with E-state index < -0.39 is 0 Å². The normalized spacial score (nSPS) is 15.8. The highest BCUT2D eigenvalue weighted by atomic mass is 35.5. The second kappa shape index (κ2) is 6.44. The number of alkyl halides is 1. The predicted octanol–water partition coefficient (Wildman–Crippen LogP) is 3.06. The molecule has 0 N–H and O–H groups in total. The maximum Gasteiger partial charge on any atom is 0.257 e. The van der Waals surface area contributed by atoms with E-state index in [0.29, 0.717) is 12.3 Å². The van der Waals surface area contributed by atoms with Crippen molar-refractivity contribution in [1.82, 2.24) is 14.5 Å². The summed E-state index contributed by atoms with van der Waals surface area (Å²) in [6.07, 6.45) is 8.09. The molecule has 5 heteroatoms. The van der Waals surface area contributed by atoms with Gasteiger partial charge in [0.15, 0.2) is 0 Å². The van der Waals surface area contributed by atoms with E-state index in [1.54, 1.807) is 10.8 Å². The van der Waals surface area contributed by atoms with Crippen molar-refractivity contribution in [3.05, 3.63) is 57.5 Å². The zero-order valence-corrected chi connectivity index (χ0v) is 13.3. The molecule has 1 aliphatic rings. The molecule has 0 saturated heterocycles. The fourth-order valence-corrected chi connectivity index (χ4v) is 3.06. The van der Waals surface area contributed by atoms with Gasteiger partial charge in [0.25, 0.3) is 5.56 Å². The van der Waals surface area contributed by atoms with Gasteiger partial charge in [-0.05, 0) is 49.5 Å². The molecule has 3 heterocycles. The molecule has 3 rings (SSSR count). The average Bonchev–Trinajstić information content (AvgIpc) is 2.53. The first-order valence-corrected chi connectivity index (χ1v) is 8.01. The number of pyridine rings is 1. The standard InChI is InChI=1S/C17H18ClN3O/c1-12-15(6-7-18)17(22)21-9-3-5-14(16(21)20-12)10-13-4-2-8-19-11-13/h2,4,8,10-11H,3,5-7,9H2,1H3/b14-10+. The van der Waals surface area contributed by atoms with Crippen molar-refractivity contribution < 1.29 is 0 Å². The highest BCUT2D eigenvalue weighted by Crippen LogP contribution is 2.26. The first-order valence-electron chi connectivity index (χ1n) is 7.48. The summed E-state index contributed by atoms with van der Waals surface area (Å²) in [5.74, 6) is 1.23. The molecule has 0 amide bonds. The SMILES string of the molecule is Cc1nc2n(c(=O)c1CCCl)CCC/C2=C\c1cccnc1. The van der Waals surface area contributed by atoms with Crippen molar-refractivity contribution in [1.29, 1.82) is 0 Å². The van der Waals surface area contributed by atoms with E-state index in [2.05, 4.69) is 16.0 Å². The Kier molecular flexibility index (Phi) is 4.39. The molecule has 2 aromatic heterocycles. The monoisotopic (exact) mass is 315 g/mol. The van der Waals surface area contributed by atoms with E-state index >= 15 is 0 Å². The summed E-state index contributed by atoms with van der Waals surface area (Å²) < 4.78 is 1.79. The third kappa shape index (κ3) is 2.83. The van der Waals surface area contributed by atoms with Crippen molar-refractivity contribution >= 4 is 23.3 Å². The molecule has 0 atom stereocenters. The van der Waals surface area contributed by atoms with Gasteiger partial charge in [-0.3, -0.25) is 14.3 Å². The minimum Gasteiger partial charge on any atom is -0.293 e. The minimum absolute atomic E-state index is 0.0555. The molecular weight excluding hydrogens is 298 g/mol. The summed E-state index contributed by atoms with van der Waals surface area (Å²) in [5, 5.41) is 0. The number of halogens is 1. The lowest BCUT2D eigenvalue weighted by molar-refractivity contribution is 0.572. The van der Waals surface area contributed by atoms with Crippen molar-refractivity contribution in [2.75, 3.05) is 5.88 Å². The fourth-order valence-electron chi connectivity index (χ4n) is 2.87. The van der Waals surface area contributed by atoms with Crippen LogP contribution in [-0.2, 0) is 13.0 Å². The zero-order chi connectivity index (χ0) is 15.5. The van der Waals surface area contributed by atoms with Crippen LogP contribution in [0.3, 0.4) is 0 Å². The molecule has 0 spiro atoms. The minimum atomic E-state index is 0.0555. The van der Waals surface area contributed by atoms with Crippen molar-refractivity contribution in [3.63, 3.8) is 0 Å². The van der Waals surface area contributed by atoms with Crippen LogP contribution < -0.4 is 5.56 Å². The van der Waals surface area contributed by atoms with Crippen LogP contribution in [0, 0.1) is 6.92 Å². The van der Waals surface area contributed by atoms with E-state index in [1.807, 2.05) is 25.3 Å². The molecule has 4 nitrogen and oxygen atoms in total. The summed E-state index contributed by atoms with van der Waals surface area (Å²) in [7, 11) is 0. The first-order chi connectivity index (χ1) is 10.7. The Balaban J connectivity index is 2.11. The molecule has 0 aromatic carbocycles. The van der Waals surface area contributed by atoms with Crippen LogP contribution in [0.2, 0.25) is 0 Å². The van der Waals surface area contributed by atoms with Gasteiger partial charge in [0.1, 0.15) is 5.82 Å². The Morgan fingerprint density at radius 1 is 1.45 bits per heavy atom. The lowest BCUT2D eigenvalue weighted by atomic mass is 10.0. The van der Waals surface area contributed by atoms with Gasteiger partial charge in [-0.2, -0.15) is 0 Å². The van der Waals surface area contributed by atoms with Crippen LogP contribution in [0.25, 0.3) is 11.6 Å². The molecule has 2 aromatic rings. The maximum atomic E-state index is 12.6. The fraction of sp³-hybridized carbons (Fsp3) is 0.353. The number of aromatic nitrogens is 3.